The molecule has 2 amide bonds. The summed E-state index contributed by atoms with van der Waals surface area (Å²) in [6, 6.07) is 5.23. The summed E-state index contributed by atoms with van der Waals surface area (Å²) in [6.45, 7) is 5.47. The molecule has 0 aliphatic carbocycles. The average Bonchev–Trinajstić information content (AvgIpc) is 2.56. The van der Waals surface area contributed by atoms with Crippen LogP contribution in [-0.4, -0.2) is 41.9 Å². The first kappa shape index (κ1) is 17.1. The Balaban J connectivity index is 1.77. The monoisotopic (exact) mass is 350 g/mol. The lowest BCUT2D eigenvalue weighted by Gasteiger charge is -2.39. The third-order valence-corrected chi connectivity index (χ3v) is 4.83. The van der Waals surface area contributed by atoms with Crippen LogP contribution in [0.15, 0.2) is 18.2 Å². The van der Waals surface area contributed by atoms with Crippen molar-refractivity contribution in [2.45, 2.75) is 45.1 Å². The van der Waals surface area contributed by atoms with E-state index >= 15 is 0 Å². The van der Waals surface area contributed by atoms with Crippen LogP contribution < -0.4 is 9.64 Å². The number of hydrogen-bond donors (Lipinski definition) is 0. The second-order valence-corrected chi connectivity index (χ2v) is 7.31. The van der Waals surface area contributed by atoms with Crippen LogP contribution in [0.3, 0.4) is 0 Å². The lowest BCUT2D eigenvalue weighted by Crippen LogP contribution is -2.53. The van der Waals surface area contributed by atoms with Crippen LogP contribution in [0.1, 0.15) is 39.5 Å². The number of fused-ring (bicyclic) bond motifs is 1. The van der Waals surface area contributed by atoms with Crippen LogP contribution in [0.5, 0.6) is 5.75 Å². The molecule has 0 spiro atoms. The molecule has 0 unspecified atom stereocenters. The predicted octanol–water partition coefficient (Wildman–Crippen LogP) is 3.25. The van der Waals surface area contributed by atoms with Gasteiger partial charge >= 0.3 is 0 Å². The van der Waals surface area contributed by atoms with Gasteiger partial charge in [-0.25, -0.2) is 0 Å². The van der Waals surface area contributed by atoms with E-state index in [9.17, 15) is 9.59 Å². The predicted molar refractivity (Wildman–Crippen MR) is 93.6 cm³/mol. The van der Waals surface area contributed by atoms with E-state index in [-0.39, 0.29) is 11.8 Å². The van der Waals surface area contributed by atoms with Crippen LogP contribution in [0.4, 0.5) is 5.69 Å². The quantitative estimate of drug-likeness (QED) is 0.840. The molecule has 0 aromatic heterocycles. The van der Waals surface area contributed by atoms with Gasteiger partial charge in [-0.05, 0) is 51.3 Å². The van der Waals surface area contributed by atoms with Gasteiger partial charge in [-0.3, -0.25) is 9.59 Å². The molecule has 2 aliphatic rings. The van der Waals surface area contributed by atoms with Crippen molar-refractivity contribution in [2.75, 3.05) is 24.5 Å². The first-order chi connectivity index (χ1) is 11.4. The van der Waals surface area contributed by atoms with Gasteiger partial charge in [0, 0.05) is 31.1 Å². The van der Waals surface area contributed by atoms with Crippen molar-refractivity contribution in [1.29, 1.82) is 0 Å². The fraction of sp³-hybridized carbons (Fsp3) is 0.556. The molecule has 0 bridgehead atoms. The summed E-state index contributed by atoms with van der Waals surface area (Å²) in [5.41, 5.74) is -0.312. The van der Waals surface area contributed by atoms with Crippen LogP contribution in [0.2, 0.25) is 5.02 Å². The maximum atomic E-state index is 12.7. The van der Waals surface area contributed by atoms with Gasteiger partial charge in [0.1, 0.15) is 5.75 Å². The number of anilines is 1. The largest absolute Gasteiger partial charge is 0.476 e. The minimum atomic E-state index is -0.949. The Morgan fingerprint density at radius 2 is 1.96 bits per heavy atom. The first-order valence-corrected chi connectivity index (χ1v) is 8.84. The van der Waals surface area contributed by atoms with Crippen LogP contribution in [0, 0.1) is 0 Å². The summed E-state index contributed by atoms with van der Waals surface area (Å²) >= 11 is 6.08. The maximum absolute atomic E-state index is 12.7. The van der Waals surface area contributed by atoms with Crippen molar-refractivity contribution >= 4 is 29.1 Å². The summed E-state index contributed by atoms with van der Waals surface area (Å²) in [7, 11) is 0. The molecule has 3 rings (SSSR count). The summed E-state index contributed by atoms with van der Waals surface area (Å²) in [5.74, 6) is 0.577. The minimum Gasteiger partial charge on any atom is -0.476 e. The first-order valence-electron chi connectivity index (χ1n) is 8.47. The van der Waals surface area contributed by atoms with Crippen molar-refractivity contribution in [1.82, 2.24) is 4.90 Å². The summed E-state index contributed by atoms with van der Waals surface area (Å²) in [6.07, 6.45) is 3.63. The van der Waals surface area contributed by atoms with Crippen molar-refractivity contribution in [3.05, 3.63) is 23.2 Å². The number of benzene rings is 1. The van der Waals surface area contributed by atoms with Crippen molar-refractivity contribution in [3.8, 4) is 5.75 Å². The molecule has 1 fully saturated rings. The molecule has 6 heteroatoms. The van der Waals surface area contributed by atoms with Gasteiger partial charge in [-0.15, -0.1) is 0 Å². The van der Waals surface area contributed by atoms with E-state index < -0.39 is 5.60 Å². The molecule has 1 aromatic rings. The SMILES string of the molecule is CC1(C)Oc2ccc(Cl)cc2N(CCC(=O)N2CCCCC2)C1=O. The number of ether oxygens (including phenoxy) is 1. The van der Waals surface area contributed by atoms with E-state index in [2.05, 4.69) is 0 Å². The lowest BCUT2D eigenvalue weighted by molar-refractivity contribution is -0.133. The smallest absolute Gasteiger partial charge is 0.270 e. The number of amides is 2. The summed E-state index contributed by atoms with van der Waals surface area (Å²) < 4.78 is 5.79. The molecule has 2 aliphatic heterocycles. The number of rotatable bonds is 3. The van der Waals surface area contributed by atoms with E-state index in [0.717, 1.165) is 25.9 Å². The highest BCUT2D eigenvalue weighted by molar-refractivity contribution is 6.31. The van der Waals surface area contributed by atoms with Crippen LogP contribution in [-0.2, 0) is 9.59 Å². The number of hydrogen-bond acceptors (Lipinski definition) is 3. The molecule has 2 heterocycles. The van der Waals surface area contributed by atoms with Crippen LogP contribution in [0.25, 0.3) is 0 Å². The fourth-order valence-corrected chi connectivity index (χ4v) is 3.44. The third-order valence-electron chi connectivity index (χ3n) is 4.60. The summed E-state index contributed by atoms with van der Waals surface area (Å²) in [4.78, 5) is 28.7. The molecular formula is C18H23ClN2O3. The second kappa shape index (κ2) is 6.63. The van der Waals surface area contributed by atoms with E-state index in [4.69, 9.17) is 16.3 Å². The average molecular weight is 351 g/mol. The standard InChI is InChI=1S/C18H23ClN2O3/c1-18(2)17(23)21(14-12-13(19)6-7-15(14)24-18)11-8-16(22)20-9-4-3-5-10-20/h6-7,12H,3-5,8-11H2,1-2H3. The van der Waals surface area contributed by atoms with E-state index in [0.29, 0.717) is 29.4 Å². The van der Waals surface area contributed by atoms with Gasteiger partial charge in [0.25, 0.3) is 5.91 Å². The number of carbonyl (C=O) groups excluding carboxylic acids is 2. The van der Waals surface area contributed by atoms with E-state index in [1.54, 1.807) is 36.9 Å². The lowest BCUT2D eigenvalue weighted by atomic mass is 10.0. The highest BCUT2D eigenvalue weighted by Gasteiger charge is 2.41. The van der Waals surface area contributed by atoms with Crippen molar-refractivity contribution in [3.63, 3.8) is 0 Å². The zero-order valence-corrected chi connectivity index (χ0v) is 14.9. The Hall–Kier alpha value is -1.75. The second-order valence-electron chi connectivity index (χ2n) is 6.87. The van der Waals surface area contributed by atoms with Crippen LogP contribution >= 0.6 is 11.6 Å². The number of piperidine rings is 1. The molecular weight excluding hydrogens is 328 g/mol. The third kappa shape index (κ3) is 3.36. The molecule has 130 valence electrons. The number of halogens is 1. The maximum Gasteiger partial charge on any atom is 0.270 e. The minimum absolute atomic E-state index is 0.107. The molecule has 1 aromatic carbocycles. The number of likely N-dealkylation sites (tertiary alicyclic amines) is 1. The van der Waals surface area contributed by atoms with Gasteiger partial charge < -0.3 is 14.5 Å². The van der Waals surface area contributed by atoms with Gasteiger partial charge in [-0.2, -0.15) is 0 Å². The fourth-order valence-electron chi connectivity index (χ4n) is 3.27. The Labute approximate surface area is 147 Å². The molecule has 0 saturated carbocycles. The molecule has 5 nitrogen and oxygen atoms in total. The van der Waals surface area contributed by atoms with E-state index in [1.807, 2.05) is 4.90 Å². The normalized spacial score (nSPS) is 19.7. The van der Waals surface area contributed by atoms with Gasteiger partial charge in [0.2, 0.25) is 5.91 Å². The highest BCUT2D eigenvalue weighted by Crippen LogP contribution is 2.39. The highest BCUT2D eigenvalue weighted by atomic mass is 35.5. The topological polar surface area (TPSA) is 49.9 Å². The van der Waals surface area contributed by atoms with Gasteiger partial charge in [0.05, 0.1) is 5.69 Å². The van der Waals surface area contributed by atoms with E-state index in [1.165, 1.54) is 6.42 Å². The molecule has 0 N–H and O–H groups in total. The molecule has 24 heavy (non-hydrogen) atoms. The Morgan fingerprint density at radius 3 is 2.67 bits per heavy atom. The number of nitrogens with zero attached hydrogens (tertiary/aromatic N) is 2. The van der Waals surface area contributed by atoms with Gasteiger partial charge in [0.15, 0.2) is 5.60 Å². The Morgan fingerprint density at radius 1 is 1.25 bits per heavy atom. The van der Waals surface area contributed by atoms with Crippen molar-refractivity contribution < 1.29 is 14.3 Å². The molecule has 0 radical (unpaired) electrons. The van der Waals surface area contributed by atoms with Crippen molar-refractivity contribution in [2.24, 2.45) is 0 Å². The summed E-state index contributed by atoms with van der Waals surface area (Å²) in [5, 5.41) is 0.539. The molecule has 1 saturated heterocycles. The molecule has 0 atom stereocenters. The zero-order chi connectivity index (χ0) is 17.3. The zero-order valence-electron chi connectivity index (χ0n) is 14.2. The van der Waals surface area contributed by atoms with Gasteiger partial charge in [-0.1, -0.05) is 11.6 Å². The number of carbonyl (C=O) groups is 2. The Bertz CT molecular complexity index is 654. The Kier molecular flexibility index (Phi) is 4.72.